The van der Waals surface area contributed by atoms with E-state index in [0.29, 0.717) is 0 Å². The molecule has 3 rings (SSSR count). The Labute approximate surface area is 117 Å². The van der Waals surface area contributed by atoms with Crippen molar-refractivity contribution < 1.29 is 0 Å². The summed E-state index contributed by atoms with van der Waals surface area (Å²) in [5, 5.41) is 6.57. The zero-order valence-electron chi connectivity index (χ0n) is 11.5. The Bertz CT molecular complexity index is 562. The van der Waals surface area contributed by atoms with E-state index in [-0.39, 0.29) is 0 Å². The molecule has 1 aliphatic carbocycles. The molecule has 2 aromatic heterocycles. The Morgan fingerprint density at radius 1 is 1.42 bits per heavy atom. The third kappa shape index (κ3) is 2.58. The zero-order valence-corrected chi connectivity index (χ0v) is 12.3. The summed E-state index contributed by atoms with van der Waals surface area (Å²) < 4.78 is 0. The summed E-state index contributed by atoms with van der Waals surface area (Å²) in [4.78, 5) is 12.8. The molecule has 1 aliphatic rings. The fourth-order valence-electron chi connectivity index (χ4n) is 2.45. The molecule has 5 heteroatoms. The number of thiophene rings is 1. The van der Waals surface area contributed by atoms with Gasteiger partial charge in [-0.25, -0.2) is 9.97 Å². The monoisotopic (exact) mass is 276 g/mol. The molecule has 0 bridgehead atoms. The van der Waals surface area contributed by atoms with Crippen molar-refractivity contribution in [1.29, 1.82) is 0 Å². The van der Waals surface area contributed by atoms with Gasteiger partial charge in [0, 0.05) is 12.6 Å². The van der Waals surface area contributed by atoms with Crippen molar-refractivity contribution in [1.82, 2.24) is 14.9 Å². The third-order valence-electron chi connectivity index (χ3n) is 3.80. The van der Waals surface area contributed by atoms with Crippen LogP contribution in [0.1, 0.15) is 32.0 Å². The average Bonchev–Trinajstić information content (AvgIpc) is 2.75. The van der Waals surface area contributed by atoms with Crippen LogP contribution in [0.25, 0.3) is 10.2 Å². The summed E-state index contributed by atoms with van der Waals surface area (Å²) in [6.07, 6.45) is 4.00. The maximum atomic E-state index is 4.69. The molecule has 0 aliphatic heterocycles. The van der Waals surface area contributed by atoms with Gasteiger partial charge in [0.05, 0.1) is 11.9 Å². The van der Waals surface area contributed by atoms with Gasteiger partial charge < -0.3 is 5.32 Å². The lowest BCUT2D eigenvalue weighted by molar-refractivity contribution is 0.149. The molecule has 4 nitrogen and oxygen atoms in total. The predicted molar refractivity (Wildman–Crippen MR) is 80.7 cm³/mol. The number of aromatic nitrogens is 2. The van der Waals surface area contributed by atoms with Crippen molar-refractivity contribution in [2.24, 2.45) is 0 Å². The van der Waals surface area contributed by atoms with Crippen LogP contribution in [0.3, 0.4) is 0 Å². The van der Waals surface area contributed by atoms with Crippen LogP contribution in [0.15, 0.2) is 11.4 Å². The highest BCUT2D eigenvalue weighted by molar-refractivity contribution is 7.16. The number of anilines is 1. The highest BCUT2D eigenvalue weighted by atomic mass is 32.1. The fraction of sp³-hybridized carbons (Fsp3) is 0.571. The van der Waals surface area contributed by atoms with Crippen molar-refractivity contribution >= 4 is 27.4 Å². The van der Waals surface area contributed by atoms with Gasteiger partial charge in [0.2, 0.25) is 0 Å². The van der Waals surface area contributed by atoms with Crippen LogP contribution in [0, 0.1) is 0 Å². The molecule has 0 amide bonds. The summed E-state index contributed by atoms with van der Waals surface area (Å²) in [7, 11) is 2.18. The number of rotatable bonds is 5. The minimum Gasteiger partial charge on any atom is -0.370 e. The van der Waals surface area contributed by atoms with E-state index in [1.807, 2.05) is 0 Å². The fourth-order valence-corrected chi connectivity index (χ4v) is 3.23. The van der Waals surface area contributed by atoms with Crippen LogP contribution >= 0.6 is 11.3 Å². The second-order valence-corrected chi connectivity index (χ2v) is 6.05. The van der Waals surface area contributed by atoms with E-state index in [1.54, 1.807) is 11.3 Å². The summed E-state index contributed by atoms with van der Waals surface area (Å²) in [5.74, 6) is 1.91. The third-order valence-corrected chi connectivity index (χ3v) is 4.61. The van der Waals surface area contributed by atoms with Crippen LogP contribution in [0.2, 0.25) is 0 Å². The smallest absolute Gasteiger partial charge is 0.146 e. The first-order valence-corrected chi connectivity index (χ1v) is 7.84. The van der Waals surface area contributed by atoms with Gasteiger partial charge in [-0.2, -0.15) is 0 Å². The van der Waals surface area contributed by atoms with Gasteiger partial charge in [0.25, 0.3) is 0 Å². The van der Waals surface area contributed by atoms with Gasteiger partial charge in [-0.05, 0) is 38.3 Å². The van der Waals surface area contributed by atoms with Crippen molar-refractivity contribution in [3.63, 3.8) is 0 Å². The van der Waals surface area contributed by atoms with Crippen molar-refractivity contribution in [2.45, 2.75) is 38.8 Å². The van der Waals surface area contributed by atoms with Gasteiger partial charge in [-0.15, -0.1) is 11.3 Å². The summed E-state index contributed by atoms with van der Waals surface area (Å²) in [5.41, 5.74) is 0. The molecule has 0 atom stereocenters. The van der Waals surface area contributed by atoms with Gasteiger partial charge in [0.1, 0.15) is 16.5 Å². The van der Waals surface area contributed by atoms with Crippen LogP contribution < -0.4 is 5.32 Å². The highest BCUT2D eigenvalue weighted by Crippen LogP contribution is 2.27. The van der Waals surface area contributed by atoms with Crippen LogP contribution in [0.4, 0.5) is 5.82 Å². The lowest BCUT2D eigenvalue weighted by Gasteiger charge is -2.34. The maximum absolute atomic E-state index is 4.69. The molecule has 0 unspecified atom stereocenters. The summed E-state index contributed by atoms with van der Waals surface area (Å²) in [6, 6.07) is 2.82. The first-order valence-electron chi connectivity index (χ1n) is 6.96. The number of hydrogen-bond donors (Lipinski definition) is 1. The number of nitrogens with zero attached hydrogens (tertiary/aromatic N) is 3. The van der Waals surface area contributed by atoms with E-state index in [4.69, 9.17) is 0 Å². The zero-order chi connectivity index (χ0) is 13.2. The molecule has 1 saturated carbocycles. The second kappa shape index (κ2) is 5.43. The molecule has 0 aromatic carbocycles. The molecule has 2 heterocycles. The van der Waals surface area contributed by atoms with Crippen LogP contribution in [-0.4, -0.2) is 34.5 Å². The standard InChI is InChI=1S/C14H20N4S/c1-3-15-13-11-7-8-19-14(11)17-12(16-13)9-18(2)10-5-4-6-10/h7-8,10H,3-6,9H2,1-2H3,(H,15,16,17). The molecular weight excluding hydrogens is 256 g/mol. The van der Waals surface area contributed by atoms with E-state index < -0.39 is 0 Å². The van der Waals surface area contributed by atoms with Gasteiger partial charge in [-0.3, -0.25) is 4.90 Å². The average molecular weight is 276 g/mol. The van der Waals surface area contributed by atoms with Gasteiger partial charge in [0.15, 0.2) is 0 Å². The van der Waals surface area contributed by atoms with Crippen LogP contribution in [0.5, 0.6) is 0 Å². The van der Waals surface area contributed by atoms with E-state index in [1.165, 1.54) is 19.3 Å². The van der Waals surface area contributed by atoms with Crippen molar-refractivity contribution in [2.75, 3.05) is 18.9 Å². The number of nitrogens with one attached hydrogen (secondary N) is 1. The molecule has 0 spiro atoms. The summed E-state index contributed by atoms with van der Waals surface area (Å²) >= 11 is 1.69. The minimum absolute atomic E-state index is 0.727. The molecule has 102 valence electrons. The largest absolute Gasteiger partial charge is 0.370 e. The first kappa shape index (κ1) is 12.8. The molecule has 1 fully saturated rings. The lowest BCUT2D eigenvalue weighted by Crippen LogP contribution is -2.37. The number of hydrogen-bond acceptors (Lipinski definition) is 5. The van der Waals surface area contributed by atoms with Gasteiger partial charge in [-0.1, -0.05) is 6.42 Å². The molecule has 1 N–H and O–H groups in total. The van der Waals surface area contributed by atoms with E-state index in [2.05, 4.69) is 45.6 Å². The van der Waals surface area contributed by atoms with Gasteiger partial charge >= 0.3 is 0 Å². The topological polar surface area (TPSA) is 41.1 Å². The highest BCUT2D eigenvalue weighted by Gasteiger charge is 2.22. The van der Waals surface area contributed by atoms with Crippen molar-refractivity contribution in [3.05, 3.63) is 17.3 Å². The molecule has 19 heavy (non-hydrogen) atoms. The molecular formula is C14H20N4S. The Kier molecular flexibility index (Phi) is 3.66. The SMILES string of the molecule is CCNc1nc(CN(C)C2CCC2)nc2sccc12. The molecule has 0 radical (unpaired) electrons. The maximum Gasteiger partial charge on any atom is 0.146 e. The number of fused-ring (bicyclic) bond motifs is 1. The van der Waals surface area contributed by atoms with Crippen LogP contribution in [-0.2, 0) is 6.54 Å². The lowest BCUT2D eigenvalue weighted by atomic mass is 9.92. The first-order chi connectivity index (χ1) is 9.28. The summed E-state index contributed by atoms with van der Waals surface area (Å²) in [6.45, 7) is 3.83. The van der Waals surface area contributed by atoms with E-state index >= 15 is 0 Å². The Morgan fingerprint density at radius 3 is 2.95 bits per heavy atom. The quantitative estimate of drug-likeness (QED) is 0.911. The predicted octanol–water partition coefficient (Wildman–Crippen LogP) is 3.11. The minimum atomic E-state index is 0.727. The van der Waals surface area contributed by atoms with E-state index in [0.717, 1.165) is 41.0 Å². The Hall–Kier alpha value is -1.20. The normalized spacial score (nSPS) is 15.9. The second-order valence-electron chi connectivity index (χ2n) is 5.16. The Balaban J connectivity index is 1.85. The van der Waals surface area contributed by atoms with E-state index in [9.17, 15) is 0 Å². The Morgan fingerprint density at radius 2 is 2.26 bits per heavy atom. The molecule has 0 saturated heterocycles. The van der Waals surface area contributed by atoms with Crippen molar-refractivity contribution in [3.8, 4) is 0 Å². The molecule has 2 aromatic rings.